The van der Waals surface area contributed by atoms with Gasteiger partial charge in [0.15, 0.2) is 5.65 Å². The second-order valence-corrected chi connectivity index (χ2v) is 7.91. The largest absolute Gasteiger partial charge is 0.306 e. The van der Waals surface area contributed by atoms with Crippen molar-refractivity contribution in [3.05, 3.63) is 97.5 Å². The lowest BCUT2D eigenvalue weighted by Gasteiger charge is -2.09. The average Bonchev–Trinajstić information content (AvgIpc) is 3.43. The molecule has 0 unspecified atom stereocenters. The molecule has 0 aliphatic carbocycles. The lowest BCUT2D eigenvalue weighted by atomic mass is 10.1. The summed E-state index contributed by atoms with van der Waals surface area (Å²) < 4.78 is 2.74. The van der Waals surface area contributed by atoms with E-state index in [1.54, 1.807) is 6.92 Å². The summed E-state index contributed by atoms with van der Waals surface area (Å²) in [6.07, 6.45) is 1.41. The summed E-state index contributed by atoms with van der Waals surface area (Å²) in [6.45, 7) is 1.68. The Kier molecular flexibility index (Phi) is 5.34. The van der Waals surface area contributed by atoms with Crippen molar-refractivity contribution in [2.24, 2.45) is 0 Å². The molecule has 2 aromatic carbocycles. The smallest absolute Gasteiger partial charge is 0.282 e. The van der Waals surface area contributed by atoms with E-state index in [4.69, 9.17) is 11.6 Å². The molecule has 0 aliphatic heterocycles. The van der Waals surface area contributed by atoms with Crippen LogP contribution in [0.4, 0.5) is 11.5 Å². The maximum atomic E-state index is 12.9. The number of aryl methyl sites for hydroxylation is 1. The monoisotopic (exact) mass is 490 g/mol. The second-order valence-electron chi connectivity index (χ2n) is 7.47. The Morgan fingerprint density at radius 1 is 1.14 bits per heavy atom. The van der Waals surface area contributed by atoms with Crippen LogP contribution in [0.5, 0.6) is 0 Å². The van der Waals surface area contributed by atoms with Gasteiger partial charge in [-0.05, 0) is 31.2 Å². The van der Waals surface area contributed by atoms with Gasteiger partial charge in [-0.1, -0.05) is 29.8 Å². The molecular formula is C22H15ClN8O4. The zero-order valence-corrected chi connectivity index (χ0v) is 18.7. The zero-order chi connectivity index (χ0) is 24.7. The van der Waals surface area contributed by atoms with Crippen LogP contribution in [-0.2, 0) is 0 Å². The van der Waals surface area contributed by atoms with Crippen molar-refractivity contribution in [2.75, 3.05) is 5.32 Å². The van der Waals surface area contributed by atoms with Crippen LogP contribution in [0.15, 0.2) is 65.6 Å². The Bertz CT molecular complexity index is 1670. The fourth-order valence-electron chi connectivity index (χ4n) is 3.55. The van der Waals surface area contributed by atoms with Gasteiger partial charge >= 0.3 is 0 Å². The number of rotatable bonds is 5. The average molecular weight is 491 g/mol. The number of nitro groups is 1. The highest BCUT2D eigenvalue weighted by Crippen LogP contribution is 2.25. The molecule has 3 aromatic heterocycles. The van der Waals surface area contributed by atoms with Gasteiger partial charge < -0.3 is 5.32 Å². The highest BCUT2D eigenvalue weighted by atomic mass is 35.5. The molecule has 0 aliphatic rings. The predicted molar refractivity (Wildman–Crippen MR) is 127 cm³/mol. The molecule has 0 saturated heterocycles. The number of fused-ring (bicyclic) bond motifs is 1. The maximum absolute atomic E-state index is 12.9. The van der Waals surface area contributed by atoms with E-state index < -0.39 is 22.1 Å². The highest BCUT2D eigenvalue weighted by Gasteiger charge is 2.23. The molecule has 0 radical (unpaired) electrons. The summed E-state index contributed by atoms with van der Waals surface area (Å²) in [4.78, 5) is 43.6. The third kappa shape index (κ3) is 4.02. The molecule has 3 heterocycles. The van der Waals surface area contributed by atoms with E-state index in [1.807, 2.05) is 30.3 Å². The van der Waals surface area contributed by atoms with Gasteiger partial charge in [0.05, 0.1) is 22.5 Å². The Hall–Kier alpha value is -4.84. The number of para-hydroxylation sites is 1. The second kappa shape index (κ2) is 8.50. The number of halogens is 1. The summed E-state index contributed by atoms with van der Waals surface area (Å²) in [7, 11) is 0. The molecule has 35 heavy (non-hydrogen) atoms. The van der Waals surface area contributed by atoms with Gasteiger partial charge in [-0.25, -0.2) is 4.68 Å². The standard InChI is InChI=1S/C22H15ClN8O4/c1-12-9-18(25-20(32)15-10-13(23)7-8-17(15)31(34)35)30(28-12)22-26-19-16(21(33)27-22)11-24-29(19)14-5-3-2-4-6-14/h2-11H,1H3,(H,25,32)(H,26,27,33). The first-order chi connectivity index (χ1) is 16.8. The SMILES string of the molecule is Cc1cc(NC(=O)c2cc(Cl)ccc2[N+](=O)[O-])n(-c2nc3c(cnn3-c3ccccc3)c(=O)[nH]2)n1. The van der Waals surface area contributed by atoms with Crippen LogP contribution < -0.4 is 10.9 Å². The van der Waals surface area contributed by atoms with Crippen LogP contribution in [-0.4, -0.2) is 40.4 Å². The molecule has 0 saturated carbocycles. The van der Waals surface area contributed by atoms with Crippen LogP contribution in [0, 0.1) is 17.0 Å². The molecule has 0 spiro atoms. The number of aromatic nitrogens is 6. The van der Waals surface area contributed by atoms with E-state index in [1.165, 1.54) is 33.8 Å². The van der Waals surface area contributed by atoms with Gasteiger partial charge in [-0.3, -0.25) is 24.7 Å². The first kappa shape index (κ1) is 22.0. The van der Waals surface area contributed by atoms with Gasteiger partial charge in [0.2, 0.25) is 5.95 Å². The topological polar surface area (TPSA) is 154 Å². The minimum absolute atomic E-state index is 0.0178. The van der Waals surface area contributed by atoms with Crippen molar-refractivity contribution in [2.45, 2.75) is 6.92 Å². The van der Waals surface area contributed by atoms with E-state index in [9.17, 15) is 19.7 Å². The van der Waals surface area contributed by atoms with Gasteiger partial charge in [-0.15, -0.1) is 0 Å². The maximum Gasteiger partial charge on any atom is 0.282 e. The summed E-state index contributed by atoms with van der Waals surface area (Å²) in [5.74, 6) is -0.627. The summed E-state index contributed by atoms with van der Waals surface area (Å²) in [5.41, 5.74) is 0.389. The van der Waals surface area contributed by atoms with E-state index in [2.05, 4.69) is 25.5 Å². The number of amides is 1. The van der Waals surface area contributed by atoms with Crippen molar-refractivity contribution in [1.29, 1.82) is 0 Å². The van der Waals surface area contributed by atoms with Crippen molar-refractivity contribution >= 4 is 40.0 Å². The zero-order valence-electron chi connectivity index (χ0n) is 18.0. The molecule has 13 heteroatoms. The first-order valence-corrected chi connectivity index (χ1v) is 10.6. The third-order valence-electron chi connectivity index (χ3n) is 5.10. The number of hydrogen-bond donors (Lipinski definition) is 2. The molecule has 2 N–H and O–H groups in total. The molecular weight excluding hydrogens is 476 g/mol. The van der Waals surface area contributed by atoms with Crippen LogP contribution in [0.3, 0.4) is 0 Å². The van der Waals surface area contributed by atoms with Gasteiger partial charge in [0.1, 0.15) is 16.8 Å². The molecule has 0 bridgehead atoms. The molecule has 0 fully saturated rings. The Morgan fingerprint density at radius 2 is 1.91 bits per heavy atom. The summed E-state index contributed by atoms with van der Waals surface area (Å²) in [6, 6.07) is 14.4. The highest BCUT2D eigenvalue weighted by molar-refractivity contribution is 6.31. The van der Waals surface area contributed by atoms with Crippen LogP contribution in [0.1, 0.15) is 16.1 Å². The Balaban J connectivity index is 1.59. The fourth-order valence-corrected chi connectivity index (χ4v) is 3.72. The number of carbonyl (C=O) groups is 1. The van der Waals surface area contributed by atoms with Crippen molar-refractivity contribution in [3.8, 4) is 11.6 Å². The van der Waals surface area contributed by atoms with E-state index >= 15 is 0 Å². The number of benzene rings is 2. The first-order valence-electron chi connectivity index (χ1n) is 10.2. The molecule has 5 rings (SSSR count). The number of anilines is 1. The van der Waals surface area contributed by atoms with Gasteiger partial charge in [0, 0.05) is 17.2 Å². The van der Waals surface area contributed by atoms with E-state index in [-0.39, 0.29) is 33.4 Å². The normalized spacial score (nSPS) is 11.0. The number of carbonyl (C=O) groups excluding carboxylic acids is 1. The number of hydrogen-bond acceptors (Lipinski definition) is 7. The Labute approximate surface area is 200 Å². The Morgan fingerprint density at radius 3 is 2.66 bits per heavy atom. The molecule has 5 aromatic rings. The molecule has 0 atom stereocenters. The van der Waals surface area contributed by atoms with E-state index in [0.29, 0.717) is 11.4 Å². The van der Waals surface area contributed by atoms with Crippen molar-refractivity contribution < 1.29 is 9.72 Å². The number of H-pyrrole nitrogens is 1. The molecule has 1 amide bonds. The van der Waals surface area contributed by atoms with Crippen molar-refractivity contribution in [3.63, 3.8) is 0 Å². The quantitative estimate of drug-likeness (QED) is 0.282. The number of nitro benzene ring substituents is 1. The lowest BCUT2D eigenvalue weighted by Crippen LogP contribution is -2.19. The summed E-state index contributed by atoms with van der Waals surface area (Å²) >= 11 is 5.95. The number of aromatic amines is 1. The van der Waals surface area contributed by atoms with E-state index in [0.717, 1.165) is 6.07 Å². The minimum Gasteiger partial charge on any atom is -0.306 e. The van der Waals surface area contributed by atoms with Crippen LogP contribution >= 0.6 is 11.6 Å². The third-order valence-corrected chi connectivity index (χ3v) is 5.34. The molecule has 174 valence electrons. The predicted octanol–water partition coefficient (Wildman–Crippen LogP) is 3.42. The fraction of sp³-hybridized carbons (Fsp3) is 0.0455. The lowest BCUT2D eigenvalue weighted by molar-refractivity contribution is -0.385. The van der Waals surface area contributed by atoms with Gasteiger partial charge in [0.25, 0.3) is 17.2 Å². The number of nitrogens with zero attached hydrogens (tertiary/aromatic N) is 6. The number of nitrogens with one attached hydrogen (secondary N) is 2. The minimum atomic E-state index is -0.780. The van der Waals surface area contributed by atoms with Crippen LogP contribution in [0.2, 0.25) is 5.02 Å². The van der Waals surface area contributed by atoms with Crippen LogP contribution in [0.25, 0.3) is 22.7 Å². The van der Waals surface area contributed by atoms with Gasteiger partial charge in [-0.2, -0.15) is 19.9 Å². The van der Waals surface area contributed by atoms with Crippen molar-refractivity contribution in [1.82, 2.24) is 29.5 Å². The summed E-state index contributed by atoms with van der Waals surface area (Å²) in [5, 5.41) is 23.0. The molecule has 12 nitrogen and oxygen atoms in total.